The lowest BCUT2D eigenvalue weighted by Gasteiger charge is -2.13. The van der Waals surface area contributed by atoms with Crippen molar-refractivity contribution in [3.63, 3.8) is 0 Å². The van der Waals surface area contributed by atoms with Crippen LogP contribution >= 0.6 is 15.9 Å². The zero-order chi connectivity index (χ0) is 19.7. The summed E-state index contributed by atoms with van der Waals surface area (Å²) < 4.78 is 2.84. The van der Waals surface area contributed by atoms with E-state index in [1.807, 2.05) is 29.1 Å². The highest BCUT2D eigenvalue weighted by Crippen LogP contribution is 2.39. The monoisotopic (exact) mass is 442 g/mol. The predicted molar refractivity (Wildman–Crippen MR) is 112 cm³/mol. The third-order valence-electron chi connectivity index (χ3n) is 4.95. The third-order valence-corrected chi connectivity index (χ3v) is 5.45. The van der Waals surface area contributed by atoms with E-state index in [1.165, 1.54) is 0 Å². The van der Waals surface area contributed by atoms with Gasteiger partial charge in [0, 0.05) is 30.2 Å². The van der Waals surface area contributed by atoms with E-state index in [0.29, 0.717) is 31.1 Å². The number of halogens is 1. The number of fused-ring (bicyclic) bond motifs is 2. The molecule has 0 saturated carbocycles. The van der Waals surface area contributed by atoms with Gasteiger partial charge in [0.15, 0.2) is 11.4 Å². The summed E-state index contributed by atoms with van der Waals surface area (Å²) in [7, 11) is 0. The maximum Gasteiger partial charge on any atom is 0.225 e. The molecule has 28 heavy (non-hydrogen) atoms. The molecule has 4 rings (SSSR count). The van der Waals surface area contributed by atoms with Crippen LogP contribution in [0.3, 0.4) is 0 Å². The van der Waals surface area contributed by atoms with Gasteiger partial charge in [0.25, 0.3) is 0 Å². The van der Waals surface area contributed by atoms with Crippen molar-refractivity contribution >= 4 is 38.7 Å². The van der Waals surface area contributed by atoms with E-state index in [4.69, 9.17) is 10.7 Å². The SMILES string of the molecule is CCCn1cc2c(C3C(=O)Cc4ccc(Br)cc43)nc(NCCCN)nc2n1. The zero-order valence-corrected chi connectivity index (χ0v) is 17.4. The first kappa shape index (κ1) is 19.0. The van der Waals surface area contributed by atoms with Crippen LogP contribution in [0.5, 0.6) is 0 Å². The lowest BCUT2D eigenvalue weighted by atomic mass is 9.95. The van der Waals surface area contributed by atoms with Gasteiger partial charge in [-0.25, -0.2) is 4.98 Å². The Balaban J connectivity index is 1.84. The highest BCUT2D eigenvalue weighted by atomic mass is 79.9. The van der Waals surface area contributed by atoms with Crippen molar-refractivity contribution in [3.8, 4) is 0 Å². The largest absolute Gasteiger partial charge is 0.354 e. The number of carbonyl (C=O) groups excluding carboxylic acids is 1. The third kappa shape index (κ3) is 3.54. The van der Waals surface area contributed by atoms with Crippen LogP contribution in [0.4, 0.5) is 5.95 Å². The molecule has 8 heteroatoms. The van der Waals surface area contributed by atoms with Crippen molar-refractivity contribution in [1.82, 2.24) is 19.7 Å². The van der Waals surface area contributed by atoms with Gasteiger partial charge >= 0.3 is 0 Å². The second-order valence-electron chi connectivity index (χ2n) is 7.05. The smallest absolute Gasteiger partial charge is 0.225 e. The molecule has 0 fully saturated rings. The highest BCUT2D eigenvalue weighted by molar-refractivity contribution is 9.10. The molecule has 0 aliphatic heterocycles. The summed E-state index contributed by atoms with van der Waals surface area (Å²) in [4.78, 5) is 22.3. The number of Topliss-reactive ketones (excluding diaryl/α,β-unsaturated/α-hetero) is 1. The second-order valence-corrected chi connectivity index (χ2v) is 7.97. The van der Waals surface area contributed by atoms with Crippen LogP contribution in [0.25, 0.3) is 11.0 Å². The molecule has 2 aromatic heterocycles. The Morgan fingerprint density at radius 3 is 3.00 bits per heavy atom. The minimum absolute atomic E-state index is 0.157. The molecule has 0 radical (unpaired) electrons. The van der Waals surface area contributed by atoms with Gasteiger partial charge in [-0.3, -0.25) is 9.48 Å². The van der Waals surface area contributed by atoms with Crippen molar-refractivity contribution in [1.29, 1.82) is 0 Å². The second kappa shape index (κ2) is 7.97. The fourth-order valence-corrected chi connectivity index (χ4v) is 4.06. The Morgan fingerprint density at radius 2 is 2.21 bits per heavy atom. The number of rotatable bonds is 7. The van der Waals surface area contributed by atoms with Crippen LogP contribution in [0.1, 0.15) is 42.5 Å². The van der Waals surface area contributed by atoms with E-state index in [9.17, 15) is 4.79 Å². The maximum absolute atomic E-state index is 13.0. The molecule has 0 saturated heterocycles. The van der Waals surface area contributed by atoms with Gasteiger partial charge in [-0.15, -0.1) is 0 Å². The summed E-state index contributed by atoms with van der Waals surface area (Å²) in [5.41, 5.74) is 9.00. The van der Waals surface area contributed by atoms with Crippen molar-refractivity contribution < 1.29 is 4.79 Å². The Labute approximate surface area is 171 Å². The van der Waals surface area contributed by atoms with Crippen LogP contribution in [-0.2, 0) is 17.8 Å². The number of nitrogens with one attached hydrogen (secondary N) is 1. The van der Waals surface area contributed by atoms with Gasteiger partial charge in [-0.05, 0) is 42.6 Å². The quantitative estimate of drug-likeness (QED) is 0.545. The first-order valence-electron chi connectivity index (χ1n) is 9.60. The molecule has 146 valence electrons. The van der Waals surface area contributed by atoms with Crippen LogP contribution in [0.2, 0.25) is 0 Å². The molecule has 3 aromatic rings. The molecule has 1 unspecified atom stereocenters. The Hall–Kier alpha value is -2.32. The molecule has 7 nitrogen and oxygen atoms in total. The normalized spacial score (nSPS) is 16.0. The number of aromatic nitrogens is 4. The lowest BCUT2D eigenvalue weighted by Crippen LogP contribution is -2.14. The first-order valence-corrected chi connectivity index (χ1v) is 10.4. The fourth-order valence-electron chi connectivity index (χ4n) is 3.68. The molecule has 0 amide bonds. The average molecular weight is 443 g/mol. The van der Waals surface area contributed by atoms with Gasteiger partial charge in [0.05, 0.1) is 17.0 Å². The van der Waals surface area contributed by atoms with E-state index in [1.54, 1.807) is 0 Å². The first-order chi connectivity index (χ1) is 13.6. The van der Waals surface area contributed by atoms with Crippen molar-refractivity contribution in [2.45, 2.75) is 38.6 Å². The molecule has 3 N–H and O–H groups in total. The fraction of sp³-hybridized carbons (Fsp3) is 0.400. The van der Waals surface area contributed by atoms with Crippen molar-refractivity contribution in [2.75, 3.05) is 18.4 Å². The number of nitrogens with two attached hydrogens (primary N) is 1. The number of nitrogens with zero attached hydrogens (tertiary/aromatic N) is 4. The molecule has 0 bridgehead atoms. The number of ketones is 1. The summed E-state index contributed by atoms with van der Waals surface area (Å²) in [6.07, 6.45) is 4.18. The summed E-state index contributed by atoms with van der Waals surface area (Å²) in [6.45, 7) is 4.17. The number of anilines is 1. The lowest BCUT2D eigenvalue weighted by molar-refractivity contribution is -0.118. The average Bonchev–Trinajstić information content (AvgIpc) is 3.21. The highest BCUT2D eigenvalue weighted by Gasteiger charge is 2.35. The van der Waals surface area contributed by atoms with E-state index in [0.717, 1.165) is 46.1 Å². The molecular formula is C20H23BrN6O. The summed E-state index contributed by atoms with van der Waals surface area (Å²) in [5, 5.41) is 8.66. The van der Waals surface area contributed by atoms with Gasteiger partial charge in [-0.1, -0.05) is 28.9 Å². The Kier molecular flexibility index (Phi) is 5.41. The van der Waals surface area contributed by atoms with Crippen LogP contribution in [-0.4, -0.2) is 38.6 Å². The van der Waals surface area contributed by atoms with Crippen molar-refractivity contribution in [3.05, 3.63) is 45.7 Å². The predicted octanol–water partition coefficient (Wildman–Crippen LogP) is 3.02. The van der Waals surface area contributed by atoms with Gasteiger partial charge in [0.2, 0.25) is 5.95 Å². The summed E-state index contributed by atoms with van der Waals surface area (Å²) >= 11 is 3.53. The summed E-state index contributed by atoms with van der Waals surface area (Å²) in [5.74, 6) is 0.255. The number of carbonyl (C=O) groups is 1. The Morgan fingerprint density at radius 1 is 1.36 bits per heavy atom. The minimum atomic E-state index is -0.396. The molecule has 1 atom stereocenters. The number of aryl methyl sites for hydroxylation is 1. The van der Waals surface area contributed by atoms with Gasteiger partial charge < -0.3 is 11.1 Å². The standard InChI is InChI=1S/C20H23BrN6O/c1-2-8-27-11-15-18(24-20(23-7-3-6-22)25-19(15)26-27)17-14-10-13(21)5-4-12(14)9-16(17)28/h4-5,10-11,17H,2-3,6-9,22H2,1H3,(H,23,25,26). The van der Waals surface area contributed by atoms with Gasteiger partial charge in [0.1, 0.15) is 0 Å². The van der Waals surface area contributed by atoms with E-state index >= 15 is 0 Å². The molecule has 1 aromatic carbocycles. The molecular weight excluding hydrogens is 420 g/mol. The van der Waals surface area contributed by atoms with Gasteiger partial charge in [-0.2, -0.15) is 10.1 Å². The Bertz CT molecular complexity index is 1030. The topological polar surface area (TPSA) is 98.7 Å². The molecule has 1 aliphatic carbocycles. The number of hydrogen-bond donors (Lipinski definition) is 2. The molecule has 2 heterocycles. The van der Waals surface area contributed by atoms with E-state index in [2.05, 4.69) is 38.3 Å². The van der Waals surface area contributed by atoms with Crippen molar-refractivity contribution in [2.24, 2.45) is 5.73 Å². The van der Waals surface area contributed by atoms with Crippen LogP contribution < -0.4 is 11.1 Å². The van der Waals surface area contributed by atoms with E-state index < -0.39 is 5.92 Å². The van der Waals surface area contributed by atoms with Crippen LogP contribution in [0, 0.1) is 0 Å². The molecule has 1 aliphatic rings. The number of hydrogen-bond acceptors (Lipinski definition) is 6. The van der Waals surface area contributed by atoms with E-state index in [-0.39, 0.29) is 5.78 Å². The number of benzene rings is 1. The summed E-state index contributed by atoms with van der Waals surface area (Å²) in [6, 6.07) is 6.01. The minimum Gasteiger partial charge on any atom is -0.354 e. The van der Waals surface area contributed by atoms with Crippen LogP contribution in [0.15, 0.2) is 28.9 Å². The maximum atomic E-state index is 13.0. The molecule has 0 spiro atoms. The zero-order valence-electron chi connectivity index (χ0n) is 15.8.